The summed E-state index contributed by atoms with van der Waals surface area (Å²) in [6.07, 6.45) is 1.95. The lowest BCUT2D eigenvalue weighted by Gasteiger charge is -2.13. The topological polar surface area (TPSA) is 85.1 Å². The zero-order chi connectivity index (χ0) is 13.8. The molecule has 0 aliphatic heterocycles. The lowest BCUT2D eigenvalue weighted by molar-refractivity contribution is -0.119. The number of carbonyl (C=O) groups excluding carboxylic acids is 2. The van der Waals surface area contributed by atoms with Gasteiger partial charge in [0.2, 0.25) is 5.91 Å². The standard InChI is InChI=1S/C14H15N3O2/c1-2-11(13(15)18)17-14(19)10-7-9-5-3-4-6-12(9)16-8-10/h3-8,11H,2H2,1H3,(H2,15,18)(H,17,19)/t11-/m1/s1. The Bertz CT molecular complexity index is 625. The van der Waals surface area contributed by atoms with Crippen molar-refractivity contribution in [2.24, 2.45) is 5.73 Å². The van der Waals surface area contributed by atoms with Crippen molar-refractivity contribution in [1.29, 1.82) is 0 Å². The number of nitrogens with zero attached hydrogens (tertiary/aromatic N) is 1. The number of para-hydroxylation sites is 1. The summed E-state index contributed by atoms with van der Waals surface area (Å²) in [4.78, 5) is 27.3. The monoisotopic (exact) mass is 257 g/mol. The van der Waals surface area contributed by atoms with E-state index < -0.39 is 11.9 Å². The van der Waals surface area contributed by atoms with Crippen molar-refractivity contribution in [3.63, 3.8) is 0 Å². The van der Waals surface area contributed by atoms with Gasteiger partial charge in [-0.1, -0.05) is 25.1 Å². The normalized spacial score (nSPS) is 12.1. The SMILES string of the molecule is CC[C@@H](NC(=O)c1cnc2ccccc2c1)C(N)=O. The van der Waals surface area contributed by atoms with Crippen LogP contribution in [0.4, 0.5) is 0 Å². The molecule has 2 rings (SSSR count). The molecule has 0 unspecified atom stereocenters. The molecule has 0 aliphatic carbocycles. The van der Waals surface area contributed by atoms with Gasteiger partial charge in [0.1, 0.15) is 6.04 Å². The third kappa shape index (κ3) is 2.88. The van der Waals surface area contributed by atoms with Crippen LogP contribution in [0.15, 0.2) is 36.5 Å². The van der Waals surface area contributed by atoms with Gasteiger partial charge in [-0.3, -0.25) is 14.6 Å². The highest BCUT2D eigenvalue weighted by molar-refractivity contribution is 5.99. The van der Waals surface area contributed by atoms with Gasteiger partial charge in [-0.15, -0.1) is 0 Å². The van der Waals surface area contributed by atoms with Gasteiger partial charge in [0.05, 0.1) is 11.1 Å². The van der Waals surface area contributed by atoms with Crippen LogP contribution in [0.25, 0.3) is 10.9 Å². The van der Waals surface area contributed by atoms with Crippen molar-refractivity contribution in [1.82, 2.24) is 10.3 Å². The maximum atomic E-state index is 12.0. The molecule has 2 aromatic rings. The number of rotatable bonds is 4. The summed E-state index contributed by atoms with van der Waals surface area (Å²) in [5.74, 6) is -0.881. The van der Waals surface area contributed by atoms with E-state index in [0.29, 0.717) is 12.0 Å². The third-order valence-electron chi connectivity index (χ3n) is 2.91. The second-order valence-corrected chi connectivity index (χ2v) is 4.25. The van der Waals surface area contributed by atoms with Crippen molar-refractivity contribution in [3.05, 3.63) is 42.1 Å². The van der Waals surface area contributed by atoms with Crippen molar-refractivity contribution >= 4 is 22.7 Å². The van der Waals surface area contributed by atoms with Crippen LogP contribution in [0.5, 0.6) is 0 Å². The third-order valence-corrected chi connectivity index (χ3v) is 2.91. The van der Waals surface area contributed by atoms with Crippen LogP contribution in [0.1, 0.15) is 23.7 Å². The highest BCUT2D eigenvalue weighted by Gasteiger charge is 2.17. The number of benzene rings is 1. The second kappa shape index (κ2) is 5.48. The molecule has 98 valence electrons. The molecule has 1 aromatic carbocycles. The van der Waals surface area contributed by atoms with Gasteiger partial charge < -0.3 is 11.1 Å². The molecule has 5 nitrogen and oxygen atoms in total. The molecule has 0 bridgehead atoms. The Kier molecular flexibility index (Phi) is 3.75. The van der Waals surface area contributed by atoms with Crippen molar-refractivity contribution in [2.75, 3.05) is 0 Å². The Morgan fingerprint density at radius 3 is 2.79 bits per heavy atom. The predicted molar refractivity (Wildman–Crippen MR) is 72.5 cm³/mol. The predicted octanol–water partition coefficient (Wildman–Crippen LogP) is 1.23. The molecular formula is C14H15N3O2. The van der Waals surface area contributed by atoms with Crippen LogP contribution >= 0.6 is 0 Å². The molecule has 0 radical (unpaired) electrons. The number of pyridine rings is 1. The number of fused-ring (bicyclic) bond motifs is 1. The van der Waals surface area contributed by atoms with Gasteiger partial charge in [0.25, 0.3) is 5.91 Å². The molecule has 0 saturated carbocycles. The average molecular weight is 257 g/mol. The number of nitrogens with one attached hydrogen (secondary N) is 1. The molecule has 1 heterocycles. The summed E-state index contributed by atoms with van der Waals surface area (Å²) >= 11 is 0. The van der Waals surface area contributed by atoms with E-state index in [1.165, 1.54) is 6.20 Å². The fourth-order valence-corrected chi connectivity index (χ4v) is 1.81. The first-order chi connectivity index (χ1) is 9.11. The van der Waals surface area contributed by atoms with Crippen LogP contribution in [0, 0.1) is 0 Å². The van der Waals surface area contributed by atoms with Crippen LogP contribution in [-0.4, -0.2) is 22.8 Å². The fraction of sp³-hybridized carbons (Fsp3) is 0.214. The van der Waals surface area contributed by atoms with Crippen molar-refractivity contribution in [3.8, 4) is 0 Å². The molecule has 5 heteroatoms. The second-order valence-electron chi connectivity index (χ2n) is 4.25. The Morgan fingerprint density at radius 1 is 1.37 bits per heavy atom. The van der Waals surface area contributed by atoms with E-state index in [-0.39, 0.29) is 5.91 Å². The summed E-state index contributed by atoms with van der Waals surface area (Å²) in [6, 6.07) is 8.60. The highest BCUT2D eigenvalue weighted by Crippen LogP contribution is 2.12. The molecule has 0 aliphatic rings. The van der Waals surface area contributed by atoms with E-state index in [0.717, 1.165) is 10.9 Å². The molecule has 1 aromatic heterocycles. The van der Waals surface area contributed by atoms with Gasteiger partial charge in [-0.05, 0) is 18.6 Å². The van der Waals surface area contributed by atoms with Crippen LogP contribution in [-0.2, 0) is 4.79 Å². The van der Waals surface area contributed by atoms with Gasteiger partial charge in [0, 0.05) is 11.6 Å². The molecule has 19 heavy (non-hydrogen) atoms. The minimum absolute atomic E-state index is 0.344. The minimum atomic E-state index is -0.654. The van der Waals surface area contributed by atoms with E-state index in [1.54, 1.807) is 13.0 Å². The molecule has 1 atom stereocenters. The van der Waals surface area contributed by atoms with E-state index in [1.807, 2.05) is 24.3 Å². The molecule has 0 spiro atoms. The smallest absolute Gasteiger partial charge is 0.253 e. The Balaban J connectivity index is 2.24. The lowest BCUT2D eigenvalue weighted by atomic mass is 10.1. The number of carbonyl (C=O) groups is 2. The number of aromatic nitrogens is 1. The largest absolute Gasteiger partial charge is 0.368 e. The first kappa shape index (κ1) is 13.0. The zero-order valence-corrected chi connectivity index (χ0v) is 10.6. The van der Waals surface area contributed by atoms with E-state index in [2.05, 4.69) is 10.3 Å². The van der Waals surface area contributed by atoms with Crippen molar-refractivity contribution < 1.29 is 9.59 Å². The van der Waals surface area contributed by atoms with E-state index in [4.69, 9.17) is 5.73 Å². The maximum Gasteiger partial charge on any atom is 0.253 e. The number of hydrogen-bond acceptors (Lipinski definition) is 3. The Labute approximate surface area is 110 Å². The quantitative estimate of drug-likeness (QED) is 0.863. The molecule has 0 saturated heterocycles. The van der Waals surface area contributed by atoms with Gasteiger partial charge in [-0.2, -0.15) is 0 Å². The fourth-order valence-electron chi connectivity index (χ4n) is 1.81. The van der Waals surface area contributed by atoms with E-state index >= 15 is 0 Å². The van der Waals surface area contributed by atoms with Gasteiger partial charge in [0.15, 0.2) is 0 Å². The molecule has 0 fully saturated rings. The van der Waals surface area contributed by atoms with Crippen molar-refractivity contribution in [2.45, 2.75) is 19.4 Å². The number of hydrogen-bond donors (Lipinski definition) is 2. The maximum absolute atomic E-state index is 12.0. The molecule has 2 amide bonds. The number of amides is 2. The van der Waals surface area contributed by atoms with Crippen LogP contribution in [0.3, 0.4) is 0 Å². The molecule has 3 N–H and O–H groups in total. The minimum Gasteiger partial charge on any atom is -0.368 e. The average Bonchev–Trinajstić information content (AvgIpc) is 2.43. The zero-order valence-electron chi connectivity index (χ0n) is 10.6. The van der Waals surface area contributed by atoms with Crippen LogP contribution in [0.2, 0.25) is 0 Å². The summed E-state index contributed by atoms with van der Waals surface area (Å²) in [6.45, 7) is 1.79. The van der Waals surface area contributed by atoms with Gasteiger partial charge in [-0.25, -0.2) is 0 Å². The van der Waals surface area contributed by atoms with Crippen LogP contribution < -0.4 is 11.1 Å². The first-order valence-corrected chi connectivity index (χ1v) is 6.06. The highest BCUT2D eigenvalue weighted by atomic mass is 16.2. The summed E-state index contributed by atoms with van der Waals surface area (Å²) in [5, 5.41) is 3.47. The van der Waals surface area contributed by atoms with E-state index in [9.17, 15) is 9.59 Å². The Morgan fingerprint density at radius 2 is 2.11 bits per heavy atom. The summed E-state index contributed by atoms with van der Waals surface area (Å²) < 4.78 is 0. The molecular weight excluding hydrogens is 242 g/mol. The first-order valence-electron chi connectivity index (χ1n) is 6.06. The summed E-state index contributed by atoms with van der Waals surface area (Å²) in [5.41, 5.74) is 6.43. The van der Waals surface area contributed by atoms with Gasteiger partial charge >= 0.3 is 0 Å². The Hall–Kier alpha value is -2.43. The number of nitrogens with two attached hydrogens (primary N) is 1. The number of primary amides is 1. The lowest BCUT2D eigenvalue weighted by Crippen LogP contribution is -2.43. The summed E-state index contributed by atoms with van der Waals surface area (Å²) in [7, 11) is 0.